The van der Waals surface area contributed by atoms with Gasteiger partial charge in [-0.05, 0) is 37.3 Å². The van der Waals surface area contributed by atoms with Crippen molar-refractivity contribution in [3.8, 4) is 11.5 Å². The van der Waals surface area contributed by atoms with Gasteiger partial charge in [-0.2, -0.15) is 4.52 Å². The van der Waals surface area contributed by atoms with Crippen LogP contribution in [-0.2, 0) is 9.84 Å². The summed E-state index contributed by atoms with van der Waals surface area (Å²) < 4.78 is 39.0. The van der Waals surface area contributed by atoms with Crippen molar-refractivity contribution >= 4 is 49.5 Å². The quantitative estimate of drug-likeness (QED) is 0.346. The maximum Gasteiger partial charge on any atom is 0.229 e. The number of nitrogens with one attached hydrogen (secondary N) is 1. The maximum absolute atomic E-state index is 13.4. The second-order valence-electron chi connectivity index (χ2n) is 7.74. The molecule has 35 heavy (non-hydrogen) atoms. The second-order valence-corrected chi connectivity index (χ2v) is 10.0. The highest BCUT2D eigenvalue weighted by Gasteiger charge is 2.27. The molecule has 1 N–H and O–H groups in total. The van der Waals surface area contributed by atoms with Crippen LogP contribution in [0.25, 0.3) is 16.6 Å². The van der Waals surface area contributed by atoms with E-state index in [2.05, 4.69) is 20.6 Å². The summed E-state index contributed by atoms with van der Waals surface area (Å²) in [6, 6.07) is 17.2. The molecule has 2 aromatic heterocycles. The van der Waals surface area contributed by atoms with Crippen LogP contribution in [-0.4, -0.2) is 42.4 Å². The number of halogens is 1. The van der Waals surface area contributed by atoms with Crippen LogP contribution in [0, 0.1) is 6.92 Å². The molecule has 178 valence electrons. The van der Waals surface area contributed by atoms with Crippen molar-refractivity contribution in [2.75, 3.05) is 19.5 Å². The Balaban J connectivity index is 1.72. The first kappa shape index (κ1) is 22.9. The van der Waals surface area contributed by atoms with Gasteiger partial charge in [0, 0.05) is 11.5 Å². The number of benzene rings is 3. The van der Waals surface area contributed by atoms with Gasteiger partial charge in [0.15, 0.2) is 5.65 Å². The minimum atomic E-state index is -3.97. The SMILES string of the molecule is COc1cc(OC)c(Nc2nc3c(S(=O)(=O)c4ccc(C)cc4)nnn3c3ccccc23)cc1Cl. The lowest BCUT2D eigenvalue weighted by Gasteiger charge is -2.15. The van der Waals surface area contributed by atoms with Crippen LogP contribution in [0.2, 0.25) is 5.02 Å². The molecule has 2 heterocycles. The summed E-state index contributed by atoms with van der Waals surface area (Å²) in [5.74, 6) is 1.31. The van der Waals surface area contributed by atoms with Crippen molar-refractivity contribution in [1.82, 2.24) is 19.8 Å². The average Bonchev–Trinajstić information content (AvgIpc) is 3.30. The summed E-state index contributed by atoms with van der Waals surface area (Å²) in [7, 11) is -0.936. The van der Waals surface area contributed by atoms with E-state index in [0.29, 0.717) is 38.9 Å². The smallest absolute Gasteiger partial charge is 0.229 e. The topological polar surface area (TPSA) is 108 Å². The number of nitrogens with zero attached hydrogens (tertiary/aromatic N) is 4. The molecule has 0 unspecified atom stereocenters. The number of hydrogen-bond donors (Lipinski definition) is 1. The van der Waals surface area contributed by atoms with Gasteiger partial charge in [0.2, 0.25) is 14.9 Å². The second kappa shape index (κ2) is 8.71. The van der Waals surface area contributed by atoms with Crippen molar-refractivity contribution in [2.24, 2.45) is 0 Å². The molecule has 0 spiro atoms. The van der Waals surface area contributed by atoms with E-state index in [0.717, 1.165) is 5.56 Å². The molecule has 5 aromatic rings. The zero-order valence-corrected chi connectivity index (χ0v) is 20.6. The fourth-order valence-electron chi connectivity index (χ4n) is 3.73. The molecular weight excluding hydrogens is 490 g/mol. The maximum atomic E-state index is 13.4. The molecule has 0 aliphatic heterocycles. The summed E-state index contributed by atoms with van der Waals surface area (Å²) in [6.07, 6.45) is 0. The highest BCUT2D eigenvalue weighted by Crippen LogP contribution is 2.38. The third-order valence-electron chi connectivity index (χ3n) is 5.53. The Bertz CT molecular complexity index is 1680. The van der Waals surface area contributed by atoms with Crippen molar-refractivity contribution in [3.63, 3.8) is 0 Å². The summed E-state index contributed by atoms with van der Waals surface area (Å²) >= 11 is 6.34. The molecule has 3 aromatic carbocycles. The summed E-state index contributed by atoms with van der Waals surface area (Å²) in [4.78, 5) is 4.74. The fourth-order valence-corrected chi connectivity index (χ4v) is 5.20. The zero-order chi connectivity index (χ0) is 24.7. The number of methoxy groups -OCH3 is 2. The molecule has 0 saturated carbocycles. The fraction of sp³-hybridized carbons (Fsp3) is 0.125. The Morgan fingerprint density at radius 2 is 1.69 bits per heavy atom. The molecule has 0 amide bonds. The van der Waals surface area contributed by atoms with Crippen LogP contribution in [0.3, 0.4) is 0 Å². The van der Waals surface area contributed by atoms with Gasteiger partial charge >= 0.3 is 0 Å². The van der Waals surface area contributed by atoms with Gasteiger partial charge in [0.1, 0.15) is 17.3 Å². The van der Waals surface area contributed by atoms with E-state index < -0.39 is 9.84 Å². The number of rotatable bonds is 6. The highest BCUT2D eigenvalue weighted by atomic mass is 35.5. The lowest BCUT2D eigenvalue weighted by Crippen LogP contribution is -2.06. The monoisotopic (exact) mass is 509 g/mol. The number of aromatic nitrogens is 4. The van der Waals surface area contributed by atoms with E-state index in [1.807, 2.05) is 31.2 Å². The first-order valence-corrected chi connectivity index (χ1v) is 12.3. The largest absolute Gasteiger partial charge is 0.495 e. The third kappa shape index (κ3) is 3.90. The molecule has 9 nitrogen and oxygen atoms in total. The van der Waals surface area contributed by atoms with E-state index in [1.165, 1.54) is 18.7 Å². The number of sulfone groups is 1. The molecule has 5 rings (SSSR count). The Morgan fingerprint density at radius 3 is 2.40 bits per heavy atom. The first-order chi connectivity index (χ1) is 16.8. The Kier molecular flexibility index (Phi) is 5.70. The van der Waals surface area contributed by atoms with Gasteiger partial charge in [0.05, 0.1) is 35.3 Å². The lowest BCUT2D eigenvalue weighted by molar-refractivity contribution is 0.396. The molecule has 0 aliphatic rings. The Labute approximate surface area is 206 Å². The van der Waals surface area contributed by atoms with Gasteiger partial charge in [-0.25, -0.2) is 13.4 Å². The Morgan fingerprint density at radius 1 is 0.971 bits per heavy atom. The Hall–Kier alpha value is -3.89. The van der Waals surface area contributed by atoms with E-state index in [1.54, 1.807) is 36.4 Å². The van der Waals surface area contributed by atoms with Gasteiger partial charge in [-0.1, -0.05) is 46.6 Å². The van der Waals surface area contributed by atoms with Crippen LogP contribution >= 0.6 is 11.6 Å². The minimum absolute atomic E-state index is 0.0883. The van der Waals surface area contributed by atoms with Crippen LogP contribution in [0.5, 0.6) is 11.5 Å². The predicted octanol–water partition coefficient (Wildman–Crippen LogP) is 4.83. The normalized spacial score (nSPS) is 11.7. The predicted molar refractivity (Wildman–Crippen MR) is 133 cm³/mol. The van der Waals surface area contributed by atoms with Gasteiger partial charge in [-0.15, -0.1) is 5.10 Å². The number of hydrogen-bond acceptors (Lipinski definition) is 8. The van der Waals surface area contributed by atoms with Crippen molar-refractivity contribution in [1.29, 1.82) is 0 Å². The van der Waals surface area contributed by atoms with Crippen molar-refractivity contribution in [3.05, 3.63) is 71.2 Å². The first-order valence-electron chi connectivity index (χ1n) is 10.5. The van der Waals surface area contributed by atoms with Crippen molar-refractivity contribution in [2.45, 2.75) is 16.8 Å². The average molecular weight is 510 g/mol. The summed E-state index contributed by atoms with van der Waals surface area (Å²) in [5, 5.41) is 12.2. The third-order valence-corrected chi connectivity index (χ3v) is 7.50. The molecular formula is C24H20ClN5O4S. The van der Waals surface area contributed by atoms with E-state index in [-0.39, 0.29) is 15.6 Å². The van der Waals surface area contributed by atoms with Crippen molar-refractivity contribution < 1.29 is 17.9 Å². The number of fused-ring (bicyclic) bond motifs is 3. The minimum Gasteiger partial charge on any atom is -0.495 e. The number of ether oxygens (including phenoxy) is 2. The summed E-state index contributed by atoms with van der Waals surface area (Å²) in [5.41, 5.74) is 2.18. The van der Waals surface area contributed by atoms with Crippen LogP contribution in [0.15, 0.2) is 70.6 Å². The molecule has 0 atom stereocenters. The van der Waals surface area contributed by atoms with E-state index in [9.17, 15) is 8.42 Å². The molecule has 0 bridgehead atoms. The number of para-hydroxylation sites is 1. The lowest BCUT2D eigenvalue weighted by atomic mass is 10.2. The van der Waals surface area contributed by atoms with Gasteiger partial charge < -0.3 is 14.8 Å². The molecule has 0 fully saturated rings. The standard InChI is InChI=1S/C24H20ClN5O4S/c1-14-8-10-15(11-9-14)35(31,32)24-23-27-22(16-6-4-5-7-19(16)30(23)29-28-24)26-18-12-17(25)20(33-2)13-21(18)34-3/h4-13H,1-3H3,(H,26,27). The number of anilines is 2. The zero-order valence-electron chi connectivity index (χ0n) is 19.0. The van der Waals surface area contributed by atoms with Crippen LogP contribution in [0.4, 0.5) is 11.5 Å². The summed E-state index contributed by atoms with van der Waals surface area (Å²) in [6.45, 7) is 1.88. The van der Waals surface area contributed by atoms with Gasteiger partial charge in [-0.3, -0.25) is 0 Å². The number of aryl methyl sites for hydroxylation is 1. The van der Waals surface area contributed by atoms with Crippen LogP contribution < -0.4 is 14.8 Å². The van der Waals surface area contributed by atoms with E-state index >= 15 is 0 Å². The highest BCUT2D eigenvalue weighted by molar-refractivity contribution is 7.91. The van der Waals surface area contributed by atoms with Gasteiger partial charge in [0.25, 0.3) is 0 Å². The van der Waals surface area contributed by atoms with Crippen LogP contribution in [0.1, 0.15) is 5.56 Å². The molecule has 0 aliphatic carbocycles. The van der Waals surface area contributed by atoms with E-state index in [4.69, 9.17) is 21.1 Å². The molecule has 0 saturated heterocycles. The molecule has 0 radical (unpaired) electrons. The molecule has 11 heteroatoms.